The Morgan fingerprint density at radius 1 is 0.932 bits per heavy atom. The molecule has 0 aliphatic carbocycles. The van der Waals surface area contributed by atoms with Gasteiger partial charge in [0.1, 0.15) is 29.8 Å². The van der Waals surface area contributed by atoms with Gasteiger partial charge in [0.2, 0.25) is 23.6 Å². The number of carbonyl (C=O) groups excluding carboxylic acids is 5. The van der Waals surface area contributed by atoms with Gasteiger partial charge in [0.15, 0.2) is 5.78 Å². The predicted octanol–water partition coefficient (Wildman–Crippen LogP) is 5.78. The molecule has 0 aromatic heterocycles. The number of amides is 4. The largest absolute Gasteiger partial charge is 0.397 e. The summed E-state index contributed by atoms with van der Waals surface area (Å²) in [7, 11) is -2.95. The molecule has 314 valence electrons. The van der Waals surface area contributed by atoms with Crippen LogP contribution >= 0.6 is 0 Å². The molecule has 59 heavy (non-hydrogen) atoms. The lowest BCUT2D eigenvalue weighted by atomic mass is 9.94. The lowest BCUT2D eigenvalue weighted by molar-refractivity contribution is -0.144. The summed E-state index contributed by atoms with van der Waals surface area (Å²) in [4.78, 5) is 71.1. The van der Waals surface area contributed by atoms with Crippen molar-refractivity contribution in [2.24, 2.45) is 0 Å². The molecule has 0 unspecified atom stereocenters. The molecule has 2 aliphatic rings. The van der Waals surface area contributed by atoms with E-state index in [-0.39, 0.29) is 36.0 Å². The average molecular weight is 819 g/mol. The Kier molecular flexibility index (Phi) is 14.7. The molecule has 10 nitrogen and oxygen atoms in total. The van der Waals surface area contributed by atoms with Crippen LogP contribution in [0.15, 0.2) is 104 Å². The van der Waals surface area contributed by atoms with Crippen molar-refractivity contribution in [3.63, 3.8) is 0 Å². The van der Waals surface area contributed by atoms with Crippen LogP contribution in [0.5, 0.6) is 0 Å². The van der Waals surface area contributed by atoms with E-state index in [0.717, 1.165) is 27.1 Å². The number of nitrogens with one attached hydrogen (secondary N) is 3. The first-order chi connectivity index (χ1) is 28.0. The minimum atomic E-state index is -2.95. The van der Waals surface area contributed by atoms with Gasteiger partial charge >= 0.3 is 0 Å². The highest BCUT2D eigenvalue weighted by Gasteiger charge is 2.51. The lowest BCUT2D eigenvalue weighted by Gasteiger charge is -2.44. The topological polar surface area (TPSA) is 134 Å². The van der Waals surface area contributed by atoms with Crippen molar-refractivity contribution >= 4 is 53.7 Å². The summed E-state index contributed by atoms with van der Waals surface area (Å²) in [6.07, 6.45) is 5.37. The summed E-state index contributed by atoms with van der Waals surface area (Å²) in [5.74, 6) is -1.83. The number of nitrogens with zero attached hydrogens (tertiary/aromatic N) is 1. The van der Waals surface area contributed by atoms with Crippen LogP contribution in [0, 0.1) is 0 Å². The van der Waals surface area contributed by atoms with Gasteiger partial charge in [0.25, 0.3) is 8.32 Å². The first kappa shape index (κ1) is 45.0. The molecule has 3 aromatic carbocycles. The molecule has 0 radical (unpaired) electrons. The van der Waals surface area contributed by atoms with Gasteiger partial charge in [-0.15, -0.1) is 0 Å². The zero-order valence-electron chi connectivity index (χ0n) is 35.8. The predicted molar refractivity (Wildman–Crippen MR) is 236 cm³/mol. The van der Waals surface area contributed by atoms with Crippen LogP contribution in [0.25, 0.3) is 5.57 Å². The number of hydrogen-bond acceptors (Lipinski definition) is 6. The van der Waals surface area contributed by atoms with E-state index in [1.165, 1.54) is 0 Å². The standard InChI is InChI=1S/C48H62N4O6Si/c1-9-48(8)46(57)50-40(32-35-27-29-36(30-28-35)33(2)3)45(56)52-31-19-25-41(52)44(55)49-39(43(54)51-48)24-17-12-18-26-42(53)34(4)58-59(47(5,6)7,37-20-13-10-14-21-37)38-22-15-11-16-23-38/h10-11,13-16,18,20-23,26-30,34,39-41H,2,9,12,17,19,24-25,31-32H2,1,3-8H3,(H,49,55)(H,50,57)(H,51,54)/b26-18+/t34-,39+,40+,41-,48+/m1/s1. The maximum atomic E-state index is 14.2. The zero-order chi connectivity index (χ0) is 43.0. The lowest BCUT2D eigenvalue weighted by Crippen LogP contribution is -2.68. The van der Waals surface area contributed by atoms with Crippen molar-refractivity contribution in [1.29, 1.82) is 0 Å². The van der Waals surface area contributed by atoms with E-state index in [1.807, 2.05) is 67.6 Å². The van der Waals surface area contributed by atoms with Crippen LogP contribution in [-0.4, -0.2) is 78.9 Å². The van der Waals surface area contributed by atoms with Crippen molar-refractivity contribution in [2.75, 3.05) is 6.54 Å². The minimum Gasteiger partial charge on any atom is -0.397 e. The fraction of sp³-hybridized carbons (Fsp3) is 0.438. The monoisotopic (exact) mass is 818 g/mol. The number of carbonyl (C=O) groups is 5. The van der Waals surface area contributed by atoms with Gasteiger partial charge in [-0.1, -0.05) is 131 Å². The molecule has 4 amide bonds. The normalized spacial score (nSPS) is 22.4. The SMILES string of the molecule is C=C(C)c1ccc(C[C@@H]2NC(=O)[C@](C)(CC)NC(=O)[C@H](CCC/C=C/C(=O)[C@@H](C)O[Si](c3ccccc3)(c3ccccc3)C(C)(C)C)NC(=O)[C@H]3CCCN3C2=O)cc1. The van der Waals surface area contributed by atoms with Gasteiger partial charge < -0.3 is 25.3 Å². The average Bonchev–Trinajstić information content (AvgIpc) is 3.72. The van der Waals surface area contributed by atoms with Crippen molar-refractivity contribution in [2.45, 2.75) is 128 Å². The summed E-state index contributed by atoms with van der Waals surface area (Å²) >= 11 is 0. The Balaban J connectivity index is 1.29. The Morgan fingerprint density at radius 3 is 2.10 bits per heavy atom. The molecule has 5 rings (SSSR count). The first-order valence-corrected chi connectivity index (χ1v) is 22.9. The fourth-order valence-corrected chi connectivity index (χ4v) is 12.8. The highest BCUT2D eigenvalue weighted by molar-refractivity contribution is 6.99. The molecule has 2 aliphatic heterocycles. The summed E-state index contributed by atoms with van der Waals surface area (Å²) in [6.45, 7) is 18.0. The maximum absolute atomic E-state index is 14.2. The van der Waals surface area contributed by atoms with Crippen LogP contribution in [0.1, 0.15) is 98.1 Å². The second-order valence-corrected chi connectivity index (χ2v) is 21.5. The van der Waals surface area contributed by atoms with Crippen molar-refractivity contribution in [3.8, 4) is 0 Å². The van der Waals surface area contributed by atoms with E-state index in [9.17, 15) is 24.0 Å². The van der Waals surface area contributed by atoms with Gasteiger partial charge in [0.05, 0.1) is 0 Å². The zero-order valence-corrected chi connectivity index (χ0v) is 36.8. The molecule has 3 aromatic rings. The highest BCUT2D eigenvalue weighted by Crippen LogP contribution is 2.37. The van der Waals surface area contributed by atoms with E-state index >= 15 is 0 Å². The van der Waals surface area contributed by atoms with Crippen LogP contribution < -0.4 is 26.3 Å². The Labute approximate surface area is 351 Å². The Morgan fingerprint density at radius 2 is 1.54 bits per heavy atom. The van der Waals surface area contributed by atoms with Gasteiger partial charge in [-0.3, -0.25) is 24.0 Å². The summed E-state index contributed by atoms with van der Waals surface area (Å²) in [5, 5.41) is 10.7. The molecule has 2 heterocycles. The van der Waals surface area contributed by atoms with Crippen molar-refractivity contribution < 1.29 is 28.4 Å². The number of benzene rings is 3. The highest BCUT2D eigenvalue weighted by atomic mass is 28.4. The fourth-order valence-electron chi connectivity index (χ4n) is 8.17. The third-order valence-electron chi connectivity index (χ3n) is 11.9. The van der Waals surface area contributed by atoms with Crippen LogP contribution in [0.3, 0.4) is 0 Å². The molecule has 11 heteroatoms. The summed E-state index contributed by atoms with van der Waals surface area (Å²) < 4.78 is 6.98. The van der Waals surface area contributed by atoms with Gasteiger partial charge in [0, 0.05) is 13.0 Å². The number of hydrogen-bond donors (Lipinski definition) is 3. The number of fused-ring (bicyclic) bond motifs is 1. The summed E-state index contributed by atoms with van der Waals surface area (Å²) in [5.41, 5.74) is 1.39. The number of unbranched alkanes of at least 4 members (excludes halogenated alkanes) is 1. The maximum Gasteiger partial charge on any atom is 0.262 e. The van der Waals surface area contributed by atoms with Gasteiger partial charge in [-0.25, -0.2) is 0 Å². The Hall–Kier alpha value is -5.13. The van der Waals surface area contributed by atoms with E-state index in [0.29, 0.717) is 32.2 Å². The minimum absolute atomic E-state index is 0.159. The van der Waals surface area contributed by atoms with Crippen LogP contribution in [0.4, 0.5) is 0 Å². The number of rotatable bonds is 14. The quantitative estimate of drug-likeness (QED) is 0.107. The second-order valence-electron chi connectivity index (χ2n) is 17.3. The van der Waals surface area contributed by atoms with Crippen molar-refractivity contribution in [1.82, 2.24) is 20.9 Å². The molecule has 5 atom stereocenters. The van der Waals surface area contributed by atoms with Crippen LogP contribution in [0.2, 0.25) is 5.04 Å². The molecule has 0 spiro atoms. The number of ketones is 1. The third-order valence-corrected chi connectivity index (χ3v) is 17.0. The molecule has 2 saturated heterocycles. The smallest absolute Gasteiger partial charge is 0.262 e. The van der Waals surface area contributed by atoms with Gasteiger partial charge in [-0.05, 0) is 91.9 Å². The molecule has 3 N–H and O–H groups in total. The van der Waals surface area contributed by atoms with E-state index in [1.54, 1.807) is 37.8 Å². The third kappa shape index (κ3) is 10.4. The van der Waals surface area contributed by atoms with E-state index in [2.05, 4.69) is 67.6 Å². The van der Waals surface area contributed by atoms with Crippen molar-refractivity contribution in [3.05, 3.63) is 115 Å². The molecular weight excluding hydrogens is 757 g/mol. The van der Waals surface area contributed by atoms with Crippen LogP contribution in [-0.2, 0) is 34.8 Å². The Bertz CT molecular complexity index is 1970. The number of allylic oxidation sites excluding steroid dienone is 2. The first-order valence-electron chi connectivity index (χ1n) is 21.0. The van der Waals surface area contributed by atoms with Gasteiger partial charge in [-0.2, -0.15) is 0 Å². The molecule has 2 fully saturated rings. The molecule has 0 bridgehead atoms. The van der Waals surface area contributed by atoms with E-state index < -0.39 is 55.8 Å². The van der Waals surface area contributed by atoms with E-state index in [4.69, 9.17) is 4.43 Å². The molecular formula is C48H62N4O6Si. The molecule has 0 saturated carbocycles. The second kappa shape index (κ2) is 19.3. The summed E-state index contributed by atoms with van der Waals surface area (Å²) in [6, 6.07) is 25.4.